The number of alkyl halides is 3. The summed E-state index contributed by atoms with van der Waals surface area (Å²) in [6, 6.07) is 9.47. The number of carbonyl (C=O) groups excluding carboxylic acids is 1. The van der Waals surface area contributed by atoms with Crippen molar-refractivity contribution < 1.29 is 35.9 Å². The minimum Gasteiger partial charge on any atom is -0.459 e. The Morgan fingerprint density at radius 1 is 1.06 bits per heavy atom. The maximum Gasteiger partial charge on any atom is 0.389 e. The van der Waals surface area contributed by atoms with Gasteiger partial charge in [0.2, 0.25) is 0 Å². The van der Waals surface area contributed by atoms with Crippen molar-refractivity contribution in [3.63, 3.8) is 0 Å². The number of halogens is 3. The summed E-state index contributed by atoms with van der Waals surface area (Å²) in [6.07, 6.45) is -3.24. The van der Waals surface area contributed by atoms with E-state index in [0.29, 0.717) is 16.8 Å². The molecule has 1 aromatic heterocycles. The number of sulfone groups is 1. The smallest absolute Gasteiger partial charge is 0.389 e. The fraction of sp³-hybridized carbons (Fsp3) is 0.520. The van der Waals surface area contributed by atoms with E-state index in [-0.39, 0.29) is 43.8 Å². The zero-order chi connectivity index (χ0) is 25.9. The van der Waals surface area contributed by atoms with Crippen LogP contribution in [0.1, 0.15) is 52.0 Å². The third kappa shape index (κ3) is 6.61. The van der Waals surface area contributed by atoms with E-state index in [1.807, 2.05) is 0 Å². The topological polar surface area (TPSA) is 82.6 Å². The van der Waals surface area contributed by atoms with Gasteiger partial charge in [0.15, 0.2) is 14.6 Å². The van der Waals surface area contributed by atoms with Crippen molar-refractivity contribution in [1.82, 2.24) is 4.98 Å². The Labute approximate surface area is 203 Å². The largest absolute Gasteiger partial charge is 0.459 e. The van der Waals surface area contributed by atoms with Gasteiger partial charge in [-0.25, -0.2) is 8.42 Å². The molecule has 0 atom stereocenters. The van der Waals surface area contributed by atoms with Gasteiger partial charge in [0.1, 0.15) is 5.60 Å². The Morgan fingerprint density at radius 2 is 1.69 bits per heavy atom. The molecule has 0 spiro atoms. The van der Waals surface area contributed by atoms with Crippen molar-refractivity contribution in [1.29, 1.82) is 0 Å². The van der Waals surface area contributed by atoms with Gasteiger partial charge in [-0.3, -0.25) is 9.78 Å². The number of hydrogen-bond acceptors (Lipinski definition) is 6. The first-order chi connectivity index (χ1) is 16.2. The minimum absolute atomic E-state index is 0.00206. The zero-order valence-electron chi connectivity index (χ0n) is 20.0. The van der Waals surface area contributed by atoms with E-state index < -0.39 is 38.8 Å². The number of carbonyl (C=O) groups is 1. The Hall–Kier alpha value is -2.46. The number of aryl methyl sites for hydroxylation is 1. The van der Waals surface area contributed by atoms with Gasteiger partial charge < -0.3 is 9.47 Å². The van der Waals surface area contributed by atoms with E-state index in [1.54, 1.807) is 45.0 Å². The normalized spacial score (nSPS) is 16.6. The van der Waals surface area contributed by atoms with E-state index in [0.717, 1.165) is 0 Å². The van der Waals surface area contributed by atoms with E-state index in [9.17, 15) is 26.4 Å². The number of pyridine rings is 1. The summed E-state index contributed by atoms with van der Waals surface area (Å²) in [5, 5.41) is 0. The van der Waals surface area contributed by atoms with Crippen molar-refractivity contribution >= 4 is 15.8 Å². The van der Waals surface area contributed by atoms with Crippen LogP contribution >= 0.6 is 0 Å². The number of rotatable bonds is 7. The third-order valence-electron chi connectivity index (χ3n) is 5.80. The average Bonchev–Trinajstić information content (AvgIpc) is 2.78. The van der Waals surface area contributed by atoms with Gasteiger partial charge in [0, 0.05) is 44.2 Å². The summed E-state index contributed by atoms with van der Waals surface area (Å²) >= 11 is 0. The monoisotopic (exact) mass is 513 g/mol. The lowest BCUT2D eigenvalue weighted by Crippen LogP contribution is -2.53. The van der Waals surface area contributed by atoms with Gasteiger partial charge in [0.05, 0.1) is 10.6 Å². The summed E-state index contributed by atoms with van der Waals surface area (Å²) in [7, 11) is -4.09. The van der Waals surface area contributed by atoms with Crippen molar-refractivity contribution in [2.75, 3.05) is 13.2 Å². The molecule has 0 unspecified atom stereocenters. The van der Waals surface area contributed by atoms with E-state index in [1.165, 1.54) is 18.3 Å². The standard InChI is InChI=1S/C25H30F3NO5S/c1-23(2,3)34-22(30)24(13-15-33-16-14-24)35(31,32)20-9-7-19(8-10-20)21-11-6-18(17-29-21)5-4-12-25(26,27)28/h6-11,17H,4-5,12-16H2,1-3H3. The Bertz CT molecular complexity index is 1120. The molecule has 1 aliphatic rings. The van der Waals surface area contributed by atoms with E-state index >= 15 is 0 Å². The van der Waals surface area contributed by atoms with Crippen LogP contribution in [0.25, 0.3) is 11.3 Å². The zero-order valence-corrected chi connectivity index (χ0v) is 20.8. The fourth-order valence-electron chi connectivity index (χ4n) is 3.92. The molecule has 1 fully saturated rings. The molecule has 0 N–H and O–H groups in total. The molecule has 0 radical (unpaired) electrons. The molecule has 0 bridgehead atoms. The second-order valence-electron chi connectivity index (χ2n) is 9.66. The van der Waals surface area contributed by atoms with Crippen LogP contribution in [0, 0.1) is 0 Å². The van der Waals surface area contributed by atoms with Crippen LogP contribution in [0.15, 0.2) is 47.5 Å². The van der Waals surface area contributed by atoms with Gasteiger partial charge in [0.25, 0.3) is 0 Å². The number of hydrogen-bond donors (Lipinski definition) is 0. The summed E-state index contributed by atoms with van der Waals surface area (Å²) in [6.45, 7) is 5.33. The predicted molar refractivity (Wildman–Crippen MR) is 124 cm³/mol. The van der Waals surface area contributed by atoms with Crippen LogP contribution in [0.3, 0.4) is 0 Å². The van der Waals surface area contributed by atoms with Gasteiger partial charge >= 0.3 is 12.1 Å². The molecule has 192 valence electrons. The summed E-state index contributed by atoms with van der Waals surface area (Å²) in [5.41, 5.74) is 1.05. The highest BCUT2D eigenvalue weighted by molar-refractivity contribution is 7.93. The quantitative estimate of drug-likeness (QED) is 0.468. The predicted octanol–water partition coefficient (Wildman–Crippen LogP) is 5.30. The maximum atomic E-state index is 13.6. The molecular weight excluding hydrogens is 483 g/mol. The first-order valence-electron chi connectivity index (χ1n) is 11.4. The van der Waals surface area contributed by atoms with Crippen LogP contribution in [-0.2, 0) is 30.5 Å². The number of benzene rings is 1. The Balaban J connectivity index is 1.80. The minimum atomic E-state index is -4.18. The molecule has 2 aromatic rings. The highest BCUT2D eigenvalue weighted by Gasteiger charge is 2.54. The maximum absolute atomic E-state index is 13.6. The first kappa shape index (κ1) is 27.1. The molecule has 1 aromatic carbocycles. The van der Waals surface area contributed by atoms with Crippen LogP contribution in [0.4, 0.5) is 13.2 Å². The van der Waals surface area contributed by atoms with Crippen LogP contribution in [0.2, 0.25) is 0 Å². The number of nitrogens with zero attached hydrogens (tertiary/aromatic N) is 1. The Morgan fingerprint density at radius 3 is 2.20 bits per heavy atom. The number of esters is 1. The van der Waals surface area contributed by atoms with Crippen molar-refractivity contribution in [2.24, 2.45) is 0 Å². The molecule has 0 saturated carbocycles. The van der Waals surface area contributed by atoms with Crippen LogP contribution in [-0.4, -0.2) is 49.1 Å². The highest BCUT2D eigenvalue weighted by atomic mass is 32.2. The van der Waals surface area contributed by atoms with Crippen molar-refractivity contribution in [3.8, 4) is 11.3 Å². The average molecular weight is 514 g/mol. The second-order valence-corrected chi connectivity index (χ2v) is 11.9. The van der Waals surface area contributed by atoms with Gasteiger partial charge in [-0.2, -0.15) is 13.2 Å². The lowest BCUT2D eigenvalue weighted by Gasteiger charge is -2.36. The Kier molecular flexibility index (Phi) is 7.96. The highest BCUT2D eigenvalue weighted by Crippen LogP contribution is 2.37. The molecular formula is C25H30F3NO5S. The molecule has 35 heavy (non-hydrogen) atoms. The number of ether oxygens (including phenoxy) is 2. The molecule has 0 amide bonds. The fourth-order valence-corrected chi connectivity index (χ4v) is 5.83. The van der Waals surface area contributed by atoms with Gasteiger partial charge in [-0.15, -0.1) is 0 Å². The second kappa shape index (κ2) is 10.3. The molecule has 1 aliphatic heterocycles. The first-order valence-corrected chi connectivity index (χ1v) is 12.9. The van der Waals surface area contributed by atoms with Crippen LogP contribution in [0.5, 0.6) is 0 Å². The van der Waals surface area contributed by atoms with E-state index in [4.69, 9.17) is 9.47 Å². The molecule has 6 nitrogen and oxygen atoms in total. The summed E-state index contributed by atoms with van der Waals surface area (Å²) in [4.78, 5) is 17.4. The summed E-state index contributed by atoms with van der Waals surface area (Å²) < 4.78 is 73.4. The molecule has 10 heteroatoms. The van der Waals surface area contributed by atoms with Crippen LogP contribution < -0.4 is 0 Å². The number of aromatic nitrogens is 1. The summed E-state index contributed by atoms with van der Waals surface area (Å²) in [5.74, 6) is -0.778. The van der Waals surface area contributed by atoms with Gasteiger partial charge in [-0.1, -0.05) is 18.2 Å². The molecule has 1 saturated heterocycles. The SMILES string of the molecule is CC(C)(C)OC(=O)C1(S(=O)(=O)c2ccc(-c3ccc(CCCC(F)(F)F)cn3)cc2)CCOCC1. The lowest BCUT2D eigenvalue weighted by atomic mass is 9.99. The molecule has 0 aliphatic carbocycles. The third-order valence-corrected chi connectivity index (χ3v) is 8.29. The van der Waals surface area contributed by atoms with E-state index in [2.05, 4.69) is 4.98 Å². The van der Waals surface area contributed by atoms with Crippen molar-refractivity contribution in [3.05, 3.63) is 48.2 Å². The lowest BCUT2D eigenvalue weighted by molar-refractivity contribution is -0.160. The van der Waals surface area contributed by atoms with Gasteiger partial charge in [-0.05, 0) is 57.4 Å². The van der Waals surface area contributed by atoms with Crippen molar-refractivity contribution in [2.45, 2.75) is 74.3 Å². The molecule has 3 rings (SSSR count). The molecule has 2 heterocycles.